The second-order valence-electron chi connectivity index (χ2n) is 5.53. The van der Waals surface area contributed by atoms with Crippen molar-refractivity contribution < 1.29 is 4.42 Å². The van der Waals surface area contributed by atoms with Crippen LogP contribution in [0.3, 0.4) is 0 Å². The third-order valence-corrected chi connectivity index (χ3v) is 4.08. The van der Waals surface area contributed by atoms with Gasteiger partial charge in [-0.2, -0.15) is 0 Å². The van der Waals surface area contributed by atoms with Gasteiger partial charge in [-0.1, -0.05) is 11.6 Å². The largest absolute Gasteiger partial charge is 0.420 e. The van der Waals surface area contributed by atoms with Crippen molar-refractivity contribution in [2.75, 3.05) is 13.1 Å². The Bertz CT molecular complexity index is 579. The minimum Gasteiger partial charge on any atom is -0.420 e. The van der Waals surface area contributed by atoms with Gasteiger partial charge in [0.05, 0.1) is 5.92 Å². The van der Waals surface area contributed by atoms with Crippen molar-refractivity contribution in [3.63, 3.8) is 0 Å². The highest BCUT2D eigenvalue weighted by atomic mass is 35.5. The lowest BCUT2D eigenvalue weighted by molar-refractivity contribution is 0.269. The van der Waals surface area contributed by atoms with Gasteiger partial charge in [0.2, 0.25) is 11.8 Å². The first-order chi connectivity index (χ1) is 9.63. The Kier molecular flexibility index (Phi) is 3.76. The highest BCUT2D eigenvalue weighted by molar-refractivity contribution is 6.30. The quantitative estimate of drug-likeness (QED) is 0.867. The van der Waals surface area contributed by atoms with E-state index in [0.717, 1.165) is 31.0 Å². The number of rotatable bonds is 3. The van der Waals surface area contributed by atoms with Crippen LogP contribution in [0.4, 0.5) is 0 Å². The predicted molar refractivity (Wildman–Crippen MR) is 78.8 cm³/mol. The van der Waals surface area contributed by atoms with Crippen LogP contribution in [0.5, 0.6) is 0 Å². The molecule has 0 N–H and O–H groups in total. The average Bonchev–Trinajstić information content (AvgIpc) is 3.08. The fraction of sp³-hybridized carbons (Fsp3) is 0.467. The Morgan fingerprint density at radius 3 is 2.65 bits per heavy atom. The molecule has 1 aromatic carbocycles. The molecule has 0 spiro atoms. The van der Waals surface area contributed by atoms with Crippen LogP contribution in [0, 0.1) is 0 Å². The maximum Gasteiger partial charge on any atom is 0.247 e. The number of hydrogen-bond acceptors (Lipinski definition) is 4. The van der Waals surface area contributed by atoms with E-state index < -0.39 is 0 Å². The van der Waals surface area contributed by atoms with Crippen LogP contribution in [0.25, 0.3) is 11.5 Å². The van der Waals surface area contributed by atoms with E-state index in [1.807, 2.05) is 24.3 Å². The molecule has 20 heavy (non-hydrogen) atoms. The topological polar surface area (TPSA) is 42.2 Å². The predicted octanol–water partition coefficient (Wildman–Crippen LogP) is 3.59. The van der Waals surface area contributed by atoms with Crippen molar-refractivity contribution in [2.45, 2.75) is 32.2 Å². The molecule has 5 heteroatoms. The maximum absolute atomic E-state index is 5.88. The molecule has 1 saturated heterocycles. The van der Waals surface area contributed by atoms with Gasteiger partial charge in [-0.25, -0.2) is 0 Å². The molecule has 1 aromatic heterocycles. The summed E-state index contributed by atoms with van der Waals surface area (Å²) in [5.41, 5.74) is 0.909. The Balaban J connectivity index is 1.76. The van der Waals surface area contributed by atoms with Crippen molar-refractivity contribution in [3.05, 3.63) is 35.2 Å². The number of hydrogen-bond donors (Lipinski definition) is 0. The van der Waals surface area contributed by atoms with Crippen molar-refractivity contribution >= 4 is 11.6 Å². The zero-order chi connectivity index (χ0) is 14.1. The van der Waals surface area contributed by atoms with E-state index >= 15 is 0 Å². The van der Waals surface area contributed by atoms with E-state index in [0.29, 0.717) is 22.9 Å². The van der Waals surface area contributed by atoms with E-state index in [-0.39, 0.29) is 0 Å². The summed E-state index contributed by atoms with van der Waals surface area (Å²) in [5, 5.41) is 9.07. The first-order valence-corrected chi connectivity index (χ1v) is 7.34. The normalized spacial score (nSPS) is 19.9. The van der Waals surface area contributed by atoms with Gasteiger partial charge in [-0.15, -0.1) is 10.2 Å². The Hall–Kier alpha value is -1.39. The zero-order valence-corrected chi connectivity index (χ0v) is 12.5. The van der Waals surface area contributed by atoms with Crippen LogP contribution in [0.1, 0.15) is 32.1 Å². The van der Waals surface area contributed by atoms with Gasteiger partial charge in [-0.05, 0) is 51.1 Å². The van der Waals surface area contributed by atoms with E-state index in [9.17, 15) is 0 Å². The van der Waals surface area contributed by atoms with Crippen LogP contribution in [-0.2, 0) is 0 Å². The number of benzene rings is 1. The minimum absolute atomic E-state index is 0.353. The molecule has 106 valence electrons. The van der Waals surface area contributed by atoms with Gasteiger partial charge >= 0.3 is 0 Å². The molecule has 0 bridgehead atoms. The third kappa shape index (κ3) is 2.72. The van der Waals surface area contributed by atoms with Crippen LogP contribution < -0.4 is 0 Å². The SMILES string of the molecule is CC(C)N1CC[C@H](c2nnc(-c3ccc(Cl)cc3)o2)C1. The standard InChI is InChI=1S/C15H18ClN3O/c1-10(2)19-8-7-12(9-19)15-18-17-14(20-15)11-3-5-13(16)6-4-11/h3-6,10,12H,7-9H2,1-2H3/t12-/m0/s1. The van der Waals surface area contributed by atoms with Gasteiger partial charge in [-0.3, -0.25) is 0 Å². The first-order valence-electron chi connectivity index (χ1n) is 6.97. The number of nitrogens with zero attached hydrogens (tertiary/aromatic N) is 3. The fourth-order valence-corrected chi connectivity index (χ4v) is 2.69. The Morgan fingerprint density at radius 2 is 2.00 bits per heavy atom. The van der Waals surface area contributed by atoms with E-state index in [1.54, 1.807) is 0 Å². The summed E-state index contributed by atoms with van der Waals surface area (Å²) in [7, 11) is 0. The molecule has 4 nitrogen and oxygen atoms in total. The lowest BCUT2D eigenvalue weighted by Gasteiger charge is -2.19. The lowest BCUT2D eigenvalue weighted by Crippen LogP contribution is -2.27. The smallest absolute Gasteiger partial charge is 0.247 e. The molecule has 1 aliphatic heterocycles. The second-order valence-corrected chi connectivity index (χ2v) is 5.96. The molecule has 0 amide bonds. The van der Waals surface area contributed by atoms with Crippen LogP contribution in [0.2, 0.25) is 5.02 Å². The third-order valence-electron chi connectivity index (χ3n) is 3.83. The summed E-state index contributed by atoms with van der Waals surface area (Å²) in [6, 6.07) is 8.02. The Morgan fingerprint density at radius 1 is 1.25 bits per heavy atom. The number of aromatic nitrogens is 2. The Labute approximate surface area is 123 Å². The molecule has 0 unspecified atom stereocenters. The monoisotopic (exact) mass is 291 g/mol. The minimum atomic E-state index is 0.353. The molecular weight excluding hydrogens is 274 g/mol. The van der Waals surface area contributed by atoms with Crippen molar-refractivity contribution in [1.29, 1.82) is 0 Å². The van der Waals surface area contributed by atoms with Gasteiger partial charge in [0.25, 0.3) is 0 Å². The number of likely N-dealkylation sites (tertiary alicyclic amines) is 1. The summed E-state index contributed by atoms with van der Waals surface area (Å²) in [5.74, 6) is 1.67. The van der Waals surface area contributed by atoms with Gasteiger partial charge in [0.15, 0.2) is 0 Å². The van der Waals surface area contributed by atoms with Gasteiger partial charge < -0.3 is 9.32 Å². The highest BCUT2D eigenvalue weighted by Crippen LogP contribution is 2.29. The van der Waals surface area contributed by atoms with Crippen molar-refractivity contribution in [2.24, 2.45) is 0 Å². The second kappa shape index (κ2) is 5.54. The highest BCUT2D eigenvalue weighted by Gasteiger charge is 2.29. The lowest BCUT2D eigenvalue weighted by atomic mass is 10.1. The van der Waals surface area contributed by atoms with Gasteiger partial charge in [0.1, 0.15) is 0 Å². The molecule has 2 aromatic rings. The summed E-state index contributed by atoms with van der Waals surface area (Å²) in [6.45, 7) is 6.53. The zero-order valence-electron chi connectivity index (χ0n) is 11.7. The van der Waals surface area contributed by atoms with Crippen molar-refractivity contribution in [1.82, 2.24) is 15.1 Å². The number of halogens is 1. The molecule has 0 saturated carbocycles. The summed E-state index contributed by atoms with van der Waals surface area (Å²) in [4.78, 5) is 2.44. The summed E-state index contributed by atoms with van der Waals surface area (Å²) in [6.07, 6.45) is 1.08. The van der Waals surface area contributed by atoms with Crippen LogP contribution >= 0.6 is 11.6 Å². The van der Waals surface area contributed by atoms with Crippen LogP contribution in [-0.4, -0.2) is 34.2 Å². The van der Waals surface area contributed by atoms with Gasteiger partial charge in [0, 0.05) is 23.2 Å². The summed E-state index contributed by atoms with van der Waals surface area (Å²) >= 11 is 5.88. The average molecular weight is 292 g/mol. The van der Waals surface area contributed by atoms with E-state index in [2.05, 4.69) is 28.9 Å². The molecule has 0 aliphatic carbocycles. The summed E-state index contributed by atoms with van der Waals surface area (Å²) < 4.78 is 5.83. The molecule has 0 radical (unpaired) electrons. The molecule has 2 heterocycles. The van der Waals surface area contributed by atoms with E-state index in [4.69, 9.17) is 16.0 Å². The van der Waals surface area contributed by atoms with Crippen molar-refractivity contribution in [3.8, 4) is 11.5 Å². The first kappa shape index (κ1) is 13.6. The molecule has 1 atom stereocenters. The van der Waals surface area contributed by atoms with Crippen LogP contribution in [0.15, 0.2) is 28.7 Å². The fourth-order valence-electron chi connectivity index (χ4n) is 2.57. The van der Waals surface area contributed by atoms with E-state index in [1.165, 1.54) is 0 Å². The molecule has 1 aliphatic rings. The molecular formula is C15H18ClN3O. The molecule has 3 rings (SSSR count). The molecule has 1 fully saturated rings. The maximum atomic E-state index is 5.88.